The molecule has 0 saturated carbocycles. The highest BCUT2D eigenvalue weighted by molar-refractivity contribution is 6.10. The van der Waals surface area contributed by atoms with Crippen LogP contribution in [0.25, 0.3) is 22.6 Å². The molecular weight excluding hydrogens is 456 g/mol. The van der Waals surface area contributed by atoms with Gasteiger partial charge in [-0.05, 0) is 60.9 Å². The van der Waals surface area contributed by atoms with E-state index in [-0.39, 0.29) is 24.1 Å². The van der Waals surface area contributed by atoms with Crippen molar-refractivity contribution in [2.75, 3.05) is 4.90 Å². The molecule has 2 aromatic carbocycles. The number of carboxylic acid groups (broad SMARTS) is 1. The molecule has 10 heteroatoms. The highest BCUT2D eigenvalue weighted by Crippen LogP contribution is 2.33. The third-order valence-corrected chi connectivity index (χ3v) is 5.87. The first-order chi connectivity index (χ1) is 16.7. The highest BCUT2D eigenvalue weighted by Gasteiger charge is 2.30. The summed E-state index contributed by atoms with van der Waals surface area (Å²) in [7, 11) is 0. The van der Waals surface area contributed by atoms with Crippen LogP contribution in [0.2, 0.25) is 0 Å². The number of carbonyl (C=O) groups excluding carboxylic acids is 1. The monoisotopic (exact) mass is 475 g/mol. The summed E-state index contributed by atoms with van der Waals surface area (Å²) in [6, 6.07) is 12.2. The van der Waals surface area contributed by atoms with E-state index in [9.17, 15) is 18.4 Å². The molecule has 2 aromatic heterocycles. The van der Waals surface area contributed by atoms with Crippen LogP contribution in [0.1, 0.15) is 46.2 Å². The molecular formula is C25H19F2N5O3. The van der Waals surface area contributed by atoms with E-state index in [1.165, 1.54) is 4.90 Å². The van der Waals surface area contributed by atoms with Crippen molar-refractivity contribution < 1.29 is 23.5 Å². The highest BCUT2D eigenvalue weighted by atomic mass is 19.1. The molecule has 0 saturated heterocycles. The number of carboxylic acids is 1. The first-order valence-electron chi connectivity index (χ1n) is 10.8. The van der Waals surface area contributed by atoms with Crippen LogP contribution >= 0.6 is 0 Å². The molecule has 0 bridgehead atoms. The summed E-state index contributed by atoms with van der Waals surface area (Å²) >= 11 is 0. The van der Waals surface area contributed by atoms with Crippen LogP contribution in [0.5, 0.6) is 0 Å². The number of fused-ring (bicyclic) bond motifs is 1. The normalized spacial score (nSPS) is 12.9. The number of aromatic nitrogens is 4. The van der Waals surface area contributed by atoms with Crippen molar-refractivity contribution in [3.8, 4) is 22.6 Å². The smallest absolute Gasteiger partial charge is 0.341 e. The Hall–Kier alpha value is -4.47. The van der Waals surface area contributed by atoms with Crippen LogP contribution in [0.3, 0.4) is 0 Å². The number of benzene rings is 2. The minimum atomic E-state index is -1.69. The lowest BCUT2D eigenvalue weighted by atomic mass is 9.99. The fourth-order valence-corrected chi connectivity index (χ4v) is 4.11. The first kappa shape index (κ1) is 22.3. The first-order valence-corrected chi connectivity index (χ1v) is 10.8. The number of anilines is 1. The van der Waals surface area contributed by atoms with Crippen molar-refractivity contribution in [3.63, 3.8) is 0 Å². The lowest BCUT2D eigenvalue weighted by Gasteiger charge is -2.16. The van der Waals surface area contributed by atoms with E-state index in [0.29, 0.717) is 28.5 Å². The van der Waals surface area contributed by atoms with Crippen LogP contribution < -0.4 is 4.90 Å². The third kappa shape index (κ3) is 3.82. The molecule has 1 aliphatic heterocycles. The van der Waals surface area contributed by atoms with Gasteiger partial charge in [-0.3, -0.25) is 9.69 Å². The second kappa shape index (κ2) is 8.39. The van der Waals surface area contributed by atoms with Crippen molar-refractivity contribution in [3.05, 3.63) is 83.2 Å². The molecule has 4 aromatic rings. The molecule has 0 spiro atoms. The summed E-state index contributed by atoms with van der Waals surface area (Å²) in [6.45, 7) is 4.28. The van der Waals surface area contributed by atoms with Crippen molar-refractivity contribution in [2.24, 2.45) is 0 Å². The van der Waals surface area contributed by atoms with Crippen molar-refractivity contribution in [1.29, 1.82) is 0 Å². The fraction of sp³-hybridized carbons (Fsp3) is 0.160. The predicted molar refractivity (Wildman–Crippen MR) is 123 cm³/mol. The van der Waals surface area contributed by atoms with E-state index in [1.807, 2.05) is 18.4 Å². The summed E-state index contributed by atoms with van der Waals surface area (Å²) in [5.74, 6) is -3.34. The van der Waals surface area contributed by atoms with Gasteiger partial charge in [-0.25, -0.2) is 18.6 Å². The van der Waals surface area contributed by atoms with Gasteiger partial charge in [0.05, 0.1) is 6.54 Å². The zero-order valence-electron chi connectivity index (χ0n) is 18.7. The van der Waals surface area contributed by atoms with Gasteiger partial charge in [0.25, 0.3) is 5.91 Å². The number of amides is 1. The predicted octanol–water partition coefficient (Wildman–Crippen LogP) is 4.72. The van der Waals surface area contributed by atoms with Gasteiger partial charge in [0.1, 0.15) is 35.0 Å². The van der Waals surface area contributed by atoms with E-state index in [0.717, 1.165) is 17.7 Å². The summed E-state index contributed by atoms with van der Waals surface area (Å²) in [6.07, 6.45) is 1.63. The van der Waals surface area contributed by atoms with Crippen LogP contribution in [-0.4, -0.2) is 36.7 Å². The van der Waals surface area contributed by atoms with E-state index in [2.05, 4.69) is 15.2 Å². The largest absolute Gasteiger partial charge is 0.477 e. The zero-order chi connectivity index (χ0) is 24.9. The van der Waals surface area contributed by atoms with Gasteiger partial charge in [0.15, 0.2) is 5.82 Å². The van der Waals surface area contributed by atoms with Gasteiger partial charge < -0.3 is 9.67 Å². The van der Waals surface area contributed by atoms with Crippen LogP contribution in [0, 0.1) is 11.6 Å². The molecule has 0 aliphatic carbocycles. The second-order valence-electron chi connectivity index (χ2n) is 8.42. The quantitative estimate of drug-likeness (QED) is 0.448. The number of hydrogen-bond donors (Lipinski definition) is 1. The summed E-state index contributed by atoms with van der Waals surface area (Å²) in [5, 5.41) is 17.1. The third-order valence-electron chi connectivity index (χ3n) is 5.87. The Bertz CT molecular complexity index is 1480. The van der Waals surface area contributed by atoms with Gasteiger partial charge in [0.2, 0.25) is 0 Å². The Morgan fingerprint density at radius 1 is 1.06 bits per heavy atom. The Labute approximate surface area is 198 Å². The van der Waals surface area contributed by atoms with E-state index >= 15 is 0 Å². The van der Waals surface area contributed by atoms with E-state index in [1.54, 1.807) is 42.7 Å². The van der Waals surface area contributed by atoms with Crippen molar-refractivity contribution >= 4 is 17.7 Å². The minimum absolute atomic E-state index is 0.126. The number of halogens is 2. The number of nitrogens with zero attached hydrogens (tertiary/aromatic N) is 5. The fourth-order valence-electron chi connectivity index (χ4n) is 4.11. The van der Waals surface area contributed by atoms with E-state index < -0.39 is 23.2 Å². The van der Waals surface area contributed by atoms with Gasteiger partial charge in [-0.1, -0.05) is 18.2 Å². The van der Waals surface area contributed by atoms with Crippen LogP contribution in [0.15, 0.2) is 54.9 Å². The Morgan fingerprint density at radius 3 is 2.49 bits per heavy atom. The Kier molecular flexibility index (Phi) is 5.35. The lowest BCUT2D eigenvalue weighted by Crippen LogP contribution is -2.24. The molecule has 176 valence electrons. The van der Waals surface area contributed by atoms with Gasteiger partial charge in [0, 0.05) is 11.6 Å². The van der Waals surface area contributed by atoms with Crippen LogP contribution in [0.4, 0.5) is 14.6 Å². The van der Waals surface area contributed by atoms with Crippen LogP contribution in [-0.2, 0) is 6.54 Å². The maximum atomic E-state index is 14.2. The Morgan fingerprint density at radius 2 is 1.80 bits per heavy atom. The summed E-state index contributed by atoms with van der Waals surface area (Å²) in [5.41, 5.74) is 1.19. The van der Waals surface area contributed by atoms with Gasteiger partial charge >= 0.3 is 5.97 Å². The molecule has 8 nitrogen and oxygen atoms in total. The summed E-state index contributed by atoms with van der Waals surface area (Å²) < 4.78 is 30.3. The number of carbonyl (C=O) groups is 2. The maximum Gasteiger partial charge on any atom is 0.341 e. The molecule has 1 N–H and O–H groups in total. The molecule has 0 unspecified atom stereocenters. The summed E-state index contributed by atoms with van der Waals surface area (Å²) in [4.78, 5) is 30.5. The molecule has 0 atom stereocenters. The average molecular weight is 475 g/mol. The van der Waals surface area contributed by atoms with E-state index in [4.69, 9.17) is 5.11 Å². The zero-order valence-corrected chi connectivity index (χ0v) is 18.7. The second-order valence-corrected chi connectivity index (χ2v) is 8.42. The van der Waals surface area contributed by atoms with Crippen molar-refractivity contribution in [2.45, 2.75) is 26.4 Å². The molecule has 1 aliphatic rings. The topological polar surface area (TPSA) is 101 Å². The number of pyridine rings is 1. The standard InChI is InChI=1S/C25H19F2N5O3/c1-13(2)32-12-28-30-23(32)20-4-3-5-21(29-20)31-11-15-7-6-14(8-17(15)24(31)33)16-9-18(26)22(25(34)35)19(27)10-16/h3-10,12-13H,11H2,1-2H3,(H,34,35). The van der Waals surface area contributed by atoms with Crippen molar-refractivity contribution in [1.82, 2.24) is 19.7 Å². The van der Waals surface area contributed by atoms with Gasteiger partial charge in [-0.15, -0.1) is 10.2 Å². The molecule has 3 heterocycles. The SMILES string of the molecule is CC(C)n1cnnc1-c1cccc(N2Cc3ccc(-c4cc(F)c(C(=O)O)c(F)c4)cc3C2=O)n1. The number of hydrogen-bond acceptors (Lipinski definition) is 5. The number of aromatic carboxylic acids is 1. The Balaban J connectivity index is 1.48. The minimum Gasteiger partial charge on any atom is -0.477 e. The maximum absolute atomic E-state index is 14.2. The molecule has 35 heavy (non-hydrogen) atoms. The molecule has 0 radical (unpaired) electrons. The number of rotatable bonds is 5. The molecule has 1 amide bonds. The molecule has 5 rings (SSSR count). The molecule has 0 fully saturated rings. The lowest BCUT2D eigenvalue weighted by molar-refractivity contribution is 0.0686. The van der Waals surface area contributed by atoms with Gasteiger partial charge in [-0.2, -0.15) is 0 Å². The average Bonchev–Trinajstić information content (AvgIpc) is 3.43.